The molecular weight excluding hydrogens is 234 g/mol. The van der Waals surface area contributed by atoms with Crippen molar-refractivity contribution in [3.8, 4) is 0 Å². The van der Waals surface area contributed by atoms with Gasteiger partial charge in [0.1, 0.15) is 5.92 Å². The first-order chi connectivity index (χ1) is 8.60. The number of rotatable bonds is 1. The fourth-order valence-corrected chi connectivity index (χ4v) is 2.97. The molecule has 2 heterocycles. The normalized spacial score (nSPS) is 29.1. The van der Waals surface area contributed by atoms with E-state index >= 15 is 0 Å². The molecule has 1 aromatic carbocycles. The maximum absolute atomic E-state index is 12.2. The minimum absolute atomic E-state index is 0.223. The molecule has 3 rings (SSSR count). The van der Waals surface area contributed by atoms with Crippen LogP contribution in [0, 0.1) is 5.92 Å². The minimum atomic E-state index is -1.54. The Labute approximate surface area is 104 Å². The quantitative estimate of drug-likeness (QED) is 0.733. The van der Waals surface area contributed by atoms with E-state index in [9.17, 15) is 14.7 Å². The summed E-state index contributed by atoms with van der Waals surface area (Å²) in [5.41, 5.74) is -0.572. The van der Waals surface area contributed by atoms with E-state index in [0.29, 0.717) is 24.1 Å². The van der Waals surface area contributed by atoms with Crippen LogP contribution in [-0.4, -0.2) is 35.5 Å². The molecule has 5 heteroatoms. The van der Waals surface area contributed by atoms with Crippen LogP contribution in [-0.2, 0) is 15.3 Å². The van der Waals surface area contributed by atoms with Gasteiger partial charge in [-0.2, -0.15) is 0 Å². The molecule has 94 valence electrons. The third kappa shape index (κ3) is 1.14. The number of carbonyl (C=O) groups is 2. The van der Waals surface area contributed by atoms with Crippen LogP contribution in [0.15, 0.2) is 24.3 Å². The number of esters is 1. The molecule has 0 saturated carbocycles. The van der Waals surface area contributed by atoms with E-state index in [4.69, 9.17) is 4.74 Å². The molecule has 0 bridgehead atoms. The Hall–Kier alpha value is -1.88. The fraction of sp³-hybridized carbons (Fsp3) is 0.385. The second-order valence-electron chi connectivity index (χ2n) is 4.59. The monoisotopic (exact) mass is 247 g/mol. The van der Waals surface area contributed by atoms with E-state index in [1.807, 2.05) is 0 Å². The maximum Gasteiger partial charge on any atom is 0.314 e. The third-order valence-electron chi connectivity index (χ3n) is 3.82. The molecule has 0 unspecified atom stereocenters. The van der Waals surface area contributed by atoms with Crippen molar-refractivity contribution in [3.63, 3.8) is 0 Å². The second-order valence-corrected chi connectivity index (χ2v) is 4.59. The summed E-state index contributed by atoms with van der Waals surface area (Å²) in [6, 6.07) is 6.85. The van der Waals surface area contributed by atoms with Gasteiger partial charge < -0.3 is 14.7 Å². The van der Waals surface area contributed by atoms with Gasteiger partial charge in [0.25, 0.3) is 5.91 Å². The topological polar surface area (TPSA) is 66.8 Å². The first kappa shape index (κ1) is 11.2. The molecule has 5 nitrogen and oxygen atoms in total. The molecule has 0 radical (unpaired) electrons. The minimum Gasteiger partial charge on any atom is -0.469 e. The molecule has 2 aliphatic rings. The summed E-state index contributed by atoms with van der Waals surface area (Å²) in [6.45, 7) is 0.365. The van der Waals surface area contributed by atoms with Crippen LogP contribution >= 0.6 is 0 Å². The molecule has 1 aromatic rings. The van der Waals surface area contributed by atoms with Gasteiger partial charge in [0.05, 0.1) is 7.11 Å². The number of ether oxygens (including phenoxy) is 1. The van der Waals surface area contributed by atoms with Gasteiger partial charge >= 0.3 is 5.97 Å². The van der Waals surface area contributed by atoms with Crippen molar-refractivity contribution in [1.82, 2.24) is 4.90 Å². The number of carbonyl (C=O) groups excluding carboxylic acids is 2. The number of hydrogen-bond acceptors (Lipinski definition) is 4. The van der Waals surface area contributed by atoms with E-state index in [2.05, 4.69) is 0 Å². The van der Waals surface area contributed by atoms with Crippen molar-refractivity contribution < 1.29 is 19.4 Å². The summed E-state index contributed by atoms with van der Waals surface area (Å²) in [5.74, 6) is -1.42. The number of nitrogens with zero attached hydrogens (tertiary/aromatic N) is 1. The zero-order valence-electron chi connectivity index (χ0n) is 9.92. The Bertz CT molecular complexity index is 542. The summed E-state index contributed by atoms with van der Waals surface area (Å²) in [7, 11) is 1.29. The lowest BCUT2D eigenvalue weighted by Crippen LogP contribution is -2.45. The average Bonchev–Trinajstić information content (AvgIpc) is 2.84. The highest BCUT2D eigenvalue weighted by molar-refractivity contribution is 6.01. The van der Waals surface area contributed by atoms with Crippen LogP contribution < -0.4 is 0 Å². The van der Waals surface area contributed by atoms with Crippen LogP contribution in [0.1, 0.15) is 22.3 Å². The van der Waals surface area contributed by atoms with E-state index in [1.54, 1.807) is 24.3 Å². The summed E-state index contributed by atoms with van der Waals surface area (Å²) in [6.07, 6.45) is 0.420. The molecule has 2 atom stereocenters. The van der Waals surface area contributed by atoms with E-state index in [-0.39, 0.29) is 5.91 Å². The van der Waals surface area contributed by atoms with Crippen molar-refractivity contribution in [2.24, 2.45) is 5.92 Å². The van der Waals surface area contributed by atoms with Gasteiger partial charge in [-0.3, -0.25) is 9.59 Å². The lowest BCUT2D eigenvalue weighted by molar-refractivity contribution is -0.162. The van der Waals surface area contributed by atoms with Gasteiger partial charge in [0, 0.05) is 17.7 Å². The molecule has 18 heavy (non-hydrogen) atoms. The molecule has 2 aliphatic heterocycles. The highest BCUT2D eigenvalue weighted by Gasteiger charge is 2.59. The van der Waals surface area contributed by atoms with Gasteiger partial charge in [0.2, 0.25) is 0 Å². The van der Waals surface area contributed by atoms with Crippen LogP contribution in [0.5, 0.6) is 0 Å². The SMILES string of the molecule is COC(=O)[C@H]1CCN2C(=O)c3ccccc3[C@]12O. The first-order valence-corrected chi connectivity index (χ1v) is 5.82. The number of benzene rings is 1. The first-order valence-electron chi connectivity index (χ1n) is 5.82. The fourth-order valence-electron chi connectivity index (χ4n) is 2.97. The van der Waals surface area contributed by atoms with Crippen LogP contribution in [0.2, 0.25) is 0 Å². The lowest BCUT2D eigenvalue weighted by atomic mass is 9.89. The lowest BCUT2D eigenvalue weighted by Gasteiger charge is -2.30. The zero-order valence-corrected chi connectivity index (χ0v) is 9.92. The summed E-state index contributed by atoms with van der Waals surface area (Å²) in [4.78, 5) is 25.3. The smallest absolute Gasteiger partial charge is 0.314 e. The van der Waals surface area contributed by atoms with Gasteiger partial charge in [-0.15, -0.1) is 0 Å². The number of amides is 1. The van der Waals surface area contributed by atoms with Gasteiger partial charge in [-0.1, -0.05) is 18.2 Å². The van der Waals surface area contributed by atoms with Crippen molar-refractivity contribution in [2.75, 3.05) is 13.7 Å². The number of fused-ring (bicyclic) bond motifs is 3. The van der Waals surface area contributed by atoms with Gasteiger partial charge in [0.15, 0.2) is 5.72 Å². The van der Waals surface area contributed by atoms with Crippen molar-refractivity contribution in [3.05, 3.63) is 35.4 Å². The van der Waals surface area contributed by atoms with Gasteiger partial charge in [-0.05, 0) is 12.5 Å². The molecule has 0 aromatic heterocycles. The summed E-state index contributed by atoms with van der Waals surface area (Å²) in [5, 5.41) is 10.8. The van der Waals surface area contributed by atoms with Crippen molar-refractivity contribution in [2.45, 2.75) is 12.1 Å². The molecular formula is C13H13NO4. The van der Waals surface area contributed by atoms with Crippen LogP contribution in [0.3, 0.4) is 0 Å². The number of hydrogen-bond donors (Lipinski definition) is 1. The maximum atomic E-state index is 12.2. The van der Waals surface area contributed by atoms with E-state index in [0.717, 1.165) is 0 Å². The predicted octanol–water partition coefficient (Wildman–Crippen LogP) is 0.480. The number of aliphatic hydroxyl groups is 1. The Balaban J connectivity index is 2.16. The average molecular weight is 247 g/mol. The largest absolute Gasteiger partial charge is 0.469 e. The molecule has 1 N–H and O–H groups in total. The highest BCUT2D eigenvalue weighted by Crippen LogP contribution is 2.48. The Kier molecular flexibility index (Phi) is 2.22. The number of methoxy groups -OCH3 is 1. The molecule has 1 fully saturated rings. The van der Waals surface area contributed by atoms with E-state index in [1.165, 1.54) is 12.0 Å². The standard InChI is InChI=1S/C13H13NO4/c1-18-12(16)10-6-7-14-11(15)8-4-2-3-5-9(8)13(10,14)17/h2-5,10,17H,6-7H2,1H3/t10-,13+/m1/s1. The van der Waals surface area contributed by atoms with Crippen molar-refractivity contribution >= 4 is 11.9 Å². The third-order valence-corrected chi connectivity index (χ3v) is 3.82. The Morgan fingerprint density at radius 3 is 2.94 bits per heavy atom. The molecule has 1 amide bonds. The predicted molar refractivity (Wildman–Crippen MR) is 61.5 cm³/mol. The Morgan fingerprint density at radius 1 is 1.50 bits per heavy atom. The molecule has 0 spiro atoms. The van der Waals surface area contributed by atoms with Crippen molar-refractivity contribution in [1.29, 1.82) is 0 Å². The van der Waals surface area contributed by atoms with E-state index < -0.39 is 17.6 Å². The van der Waals surface area contributed by atoms with Gasteiger partial charge in [-0.25, -0.2) is 0 Å². The second kappa shape index (κ2) is 3.55. The Morgan fingerprint density at radius 2 is 2.22 bits per heavy atom. The zero-order chi connectivity index (χ0) is 12.9. The molecule has 1 saturated heterocycles. The summed E-state index contributed by atoms with van der Waals surface area (Å²) < 4.78 is 4.72. The highest BCUT2D eigenvalue weighted by atomic mass is 16.5. The summed E-state index contributed by atoms with van der Waals surface area (Å²) >= 11 is 0. The van der Waals surface area contributed by atoms with Crippen LogP contribution in [0.4, 0.5) is 0 Å². The molecule has 0 aliphatic carbocycles. The van der Waals surface area contributed by atoms with Crippen LogP contribution in [0.25, 0.3) is 0 Å².